The van der Waals surface area contributed by atoms with Crippen LogP contribution < -0.4 is 10.2 Å². The molecule has 5 nitrogen and oxygen atoms in total. The number of rotatable bonds is 6. The quantitative estimate of drug-likeness (QED) is 0.780. The SMILES string of the molecule is CCc1ccccc1NC(=O)CN(C)CC(=O)N1CCC(C)Sc2ccccc21. The zero-order valence-electron chi connectivity index (χ0n) is 17.4. The van der Waals surface area contributed by atoms with Gasteiger partial charge in [0.15, 0.2) is 0 Å². The number of hydrogen-bond donors (Lipinski definition) is 1. The van der Waals surface area contributed by atoms with Gasteiger partial charge in [0.25, 0.3) is 0 Å². The van der Waals surface area contributed by atoms with Crippen molar-refractivity contribution >= 4 is 35.0 Å². The van der Waals surface area contributed by atoms with E-state index in [1.165, 1.54) is 0 Å². The Morgan fingerprint density at radius 1 is 1.14 bits per heavy atom. The predicted molar refractivity (Wildman–Crippen MR) is 121 cm³/mol. The molecule has 2 aromatic rings. The van der Waals surface area contributed by atoms with Crippen LogP contribution in [-0.4, -0.2) is 48.6 Å². The molecule has 1 unspecified atom stereocenters. The standard InChI is InChI=1S/C23H29N3O2S/c1-4-18-9-5-6-10-19(18)24-22(27)15-25(3)16-23(28)26-14-13-17(2)29-21-12-8-7-11-20(21)26/h5-12,17H,4,13-16H2,1-3H3,(H,24,27). The van der Waals surface area contributed by atoms with Crippen molar-refractivity contribution < 1.29 is 9.59 Å². The first-order valence-corrected chi connectivity index (χ1v) is 11.0. The highest BCUT2D eigenvalue weighted by molar-refractivity contribution is 8.00. The highest BCUT2D eigenvalue weighted by atomic mass is 32.2. The molecule has 0 radical (unpaired) electrons. The topological polar surface area (TPSA) is 52.7 Å². The summed E-state index contributed by atoms with van der Waals surface area (Å²) >= 11 is 1.82. The lowest BCUT2D eigenvalue weighted by Gasteiger charge is -2.25. The molecule has 0 aliphatic carbocycles. The van der Waals surface area contributed by atoms with Crippen LogP contribution in [0.3, 0.4) is 0 Å². The summed E-state index contributed by atoms with van der Waals surface area (Å²) in [6.45, 7) is 5.34. The number of fused-ring (bicyclic) bond motifs is 1. The molecule has 0 saturated carbocycles. The molecular formula is C23H29N3O2S. The van der Waals surface area contributed by atoms with Crippen molar-refractivity contribution in [1.29, 1.82) is 0 Å². The Morgan fingerprint density at radius 3 is 2.66 bits per heavy atom. The Balaban J connectivity index is 1.61. The summed E-state index contributed by atoms with van der Waals surface area (Å²) in [4.78, 5) is 30.3. The molecule has 1 atom stereocenters. The van der Waals surface area contributed by atoms with E-state index in [0.717, 1.165) is 34.7 Å². The summed E-state index contributed by atoms with van der Waals surface area (Å²) in [5.74, 6) is -0.0851. The largest absolute Gasteiger partial charge is 0.325 e. The Bertz CT molecular complexity index is 871. The summed E-state index contributed by atoms with van der Waals surface area (Å²) in [6.07, 6.45) is 1.80. The van der Waals surface area contributed by atoms with Crippen LogP contribution >= 0.6 is 11.8 Å². The average molecular weight is 412 g/mol. The molecule has 6 heteroatoms. The first-order chi connectivity index (χ1) is 14.0. The Kier molecular flexibility index (Phi) is 7.34. The Morgan fingerprint density at radius 2 is 1.86 bits per heavy atom. The number of nitrogens with zero attached hydrogens (tertiary/aromatic N) is 2. The van der Waals surface area contributed by atoms with Crippen LogP contribution in [0.1, 0.15) is 25.8 Å². The minimum atomic E-state index is -0.110. The molecule has 1 aliphatic rings. The maximum absolute atomic E-state index is 13.0. The lowest BCUT2D eigenvalue weighted by molar-refractivity contribution is -0.121. The van der Waals surface area contributed by atoms with Gasteiger partial charge in [-0.15, -0.1) is 11.8 Å². The number of anilines is 2. The number of likely N-dealkylation sites (N-methyl/N-ethyl adjacent to an activating group) is 1. The highest BCUT2D eigenvalue weighted by Gasteiger charge is 2.25. The number of amides is 2. The maximum atomic E-state index is 13.0. The van der Waals surface area contributed by atoms with Gasteiger partial charge >= 0.3 is 0 Å². The van der Waals surface area contributed by atoms with Crippen LogP contribution in [0.4, 0.5) is 11.4 Å². The number of thioether (sulfide) groups is 1. The van der Waals surface area contributed by atoms with Gasteiger partial charge < -0.3 is 10.2 Å². The van der Waals surface area contributed by atoms with Gasteiger partial charge in [-0.2, -0.15) is 0 Å². The molecule has 0 spiro atoms. The van der Waals surface area contributed by atoms with Crippen LogP contribution in [0.5, 0.6) is 0 Å². The van der Waals surface area contributed by atoms with E-state index in [-0.39, 0.29) is 24.9 Å². The van der Waals surface area contributed by atoms with Gasteiger partial charge in [-0.1, -0.05) is 44.2 Å². The summed E-state index contributed by atoms with van der Waals surface area (Å²) in [6, 6.07) is 15.9. The van der Waals surface area contributed by atoms with Crippen LogP contribution in [-0.2, 0) is 16.0 Å². The molecule has 0 fully saturated rings. The molecule has 0 aromatic heterocycles. The minimum absolute atomic E-state index is 0.0245. The number of para-hydroxylation sites is 2. The second kappa shape index (κ2) is 9.94. The van der Waals surface area contributed by atoms with Crippen molar-refractivity contribution in [3.8, 4) is 0 Å². The van der Waals surface area contributed by atoms with E-state index in [1.54, 1.807) is 4.90 Å². The summed E-state index contributed by atoms with van der Waals surface area (Å²) < 4.78 is 0. The third-order valence-electron chi connectivity index (χ3n) is 5.04. The lowest BCUT2D eigenvalue weighted by atomic mass is 10.1. The van der Waals surface area contributed by atoms with Crippen LogP contribution in [0.25, 0.3) is 0 Å². The molecule has 3 rings (SSSR count). The van der Waals surface area contributed by atoms with Crippen molar-refractivity contribution in [2.45, 2.75) is 36.8 Å². The second-order valence-electron chi connectivity index (χ2n) is 7.46. The van der Waals surface area contributed by atoms with Crippen molar-refractivity contribution in [3.63, 3.8) is 0 Å². The predicted octanol–water partition coefficient (Wildman–Crippen LogP) is 4.04. The fraction of sp³-hybridized carbons (Fsp3) is 0.391. The van der Waals surface area contributed by atoms with Gasteiger partial charge in [0.1, 0.15) is 0 Å². The Hall–Kier alpha value is -2.31. The maximum Gasteiger partial charge on any atom is 0.241 e. The van der Waals surface area contributed by atoms with Crippen molar-refractivity contribution in [1.82, 2.24) is 4.90 Å². The van der Waals surface area contributed by atoms with E-state index in [0.29, 0.717) is 11.8 Å². The number of hydrogen-bond acceptors (Lipinski definition) is 4. The molecule has 2 amide bonds. The first kappa shape index (κ1) is 21.4. The van der Waals surface area contributed by atoms with Gasteiger partial charge in [0.2, 0.25) is 11.8 Å². The van der Waals surface area contributed by atoms with E-state index >= 15 is 0 Å². The monoisotopic (exact) mass is 411 g/mol. The summed E-state index contributed by atoms with van der Waals surface area (Å²) in [5.41, 5.74) is 2.92. The smallest absolute Gasteiger partial charge is 0.241 e. The van der Waals surface area contributed by atoms with E-state index in [2.05, 4.69) is 25.2 Å². The highest BCUT2D eigenvalue weighted by Crippen LogP contribution is 2.37. The number of nitrogens with one attached hydrogen (secondary N) is 1. The van der Waals surface area contributed by atoms with Crippen LogP contribution in [0, 0.1) is 0 Å². The minimum Gasteiger partial charge on any atom is -0.325 e. The second-order valence-corrected chi connectivity index (χ2v) is 8.94. The molecule has 29 heavy (non-hydrogen) atoms. The fourth-order valence-corrected chi connectivity index (χ4v) is 4.62. The lowest BCUT2D eigenvalue weighted by Crippen LogP contribution is -2.42. The molecule has 1 N–H and O–H groups in total. The molecule has 0 saturated heterocycles. The number of carbonyl (C=O) groups excluding carboxylic acids is 2. The number of aryl methyl sites for hydroxylation is 1. The van der Waals surface area contributed by atoms with Gasteiger partial charge in [0.05, 0.1) is 18.8 Å². The van der Waals surface area contributed by atoms with Gasteiger partial charge in [-0.3, -0.25) is 14.5 Å². The van der Waals surface area contributed by atoms with Gasteiger partial charge in [-0.25, -0.2) is 0 Å². The molecular weight excluding hydrogens is 382 g/mol. The zero-order chi connectivity index (χ0) is 20.8. The average Bonchev–Trinajstić information content (AvgIpc) is 2.86. The molecule has 154 valence electrons. The normalized spacial score (nSPS) is 16.3. The van der Waals surface area contributed by atoms with E-state index in [1.807, 2.05) is 66.2 Å². The third kappa shape index (κ3) is 5.61. The molecule has 0 bridgehead atoms. The summed E-state index contributed by atoms with van der Waals surface area (Å²) in [7, 11) is 1.81. The molecule has 1 heterocycles. The Labute approximate surface area is 177 Å². The first-order valence-electron chi connectivity index (χ1n) is 10.1. The summed E-state index contributed by atoms with van der Waals surface area (Å²) in [5, 5.41) is 3.44. The van der Waals surface area contributed by atoms with Crippen LogP contribution in [0.2, 0.25) is 0 Å². The van der Waals surface area contributed by atoms with E-state index in [4.69, 9.17) is 0 Å². The number of carbonyl (C=O) groups is 2. The van der Waals surface area contributed by atoms with Crippen molar-refractivity contribution in [2.75, 3.05) is 36.9 Å². The number of benzene rings is 2. The zero-order valence-corrected chi connectivity index (χ0v) is 18.2. The van der Waals surface area contributed by atoms with E-state index in [9.17, 15) is 9.59 Å². The van der Waals surface area contributed by atoms with E-state index < -0.39 is 0 Å². The third-order valence-corrected chi connectivity index (χ3v) is 6.27. The molecule has 2 aromatic carbocycles. The van der Waals surface area contributed by atoms with Gasteiger partial charge in [-0.05, 0) is 43.7 Å². The molecule has 1 aliphatic heterocycles. The van der Waals surface area contributed by atoms with Crippen molar-refractivity contribution in [3.05, 3.63) is 54.1 Å². The van der Waals surface area contributed by atoms with Crippen LogP contribution in [0.15, 0.2) is 53.4 Å². The van der Waals surface area contributed by atoms with Gasteiger partial charge in [0, 0.05) is 22.4 Å². The van der Waals surface area contributed by atoms with Crippen molar-refractivity contribution in [2.24, 2.45) is 0 Å². The fourth-order valence-electron chi connectivity index (χ4n) is 3.50.